The van der Waals surface area contributed by atoms with Gasteiger partial charge in [-0.15, -0.1) is 10.0 Å². The summed E-state index contributed by atoms with van der Waals surface area (Å²) in [5.41, 5.74) is 16.9. The van der Waals surface area contributed by atoms with E-state index in [2.05, 4.69) is 292 Å². The van der Waals surface area contributed by atoms with E-state index < -0.39 is 10.0 Å². The zero-order valence-electron chi connectivity index (χ0n) is 41.4. The molecule has 0 fully saturated rings. The molecule has 10 aromatic carbocycles. The average Bonchev–Trinajstić information content (AvgIpc) is 3.43. The molecular weight excluding hydrogens is 877 g/mol. The molecule has 0 aromatic heterocycles. The molecule has 10 aromatic rings. The number of benzene rings is 10. The molecule has 350 valence electrons. The molecule has 0 saturated heterocycles. The van der Waals surface area contributed by atoms with Gasteiger partial charge in [-0.2, -0.15) is 0 Å². The highest BCUT2D eigenvalue weighted by Gasteiger charge is 2.33. The lowest BCUT2D eigenvalue weighted by Gasteiger charge is -2.42. The van der Waals surface area contributed by atoms with Gasteiger partial charge in [0, 0.05) is 55.1 Å². The molecular formula is C68H62N2S. The summed E-state index contributed by atoms with van der Waals surface area (Å²) in [5.74, 6) is 0. The first-order valence-corrected chi connectivity index (χ1v) is 26.8. The highest BCUT2D eigenvalue weighted by Crippen LogP contribution is 2.73. The molecule has 0 unspecified atom stereocenters. The Hall–Kier alpha value is -7.85. The Morgan fingerprint density at radius 1 is 0.296 bits per heavy atom. The minimum Gasteiger partial charge on any atom is -0.345 e. The van der Waals surface area contributed by atoms with Crippen LogP contribution in [0.2, 0.25) is 0 Å². The third-order valence-electron chi connectivity index (χ3n) is 13.8. The van der Waals surface area contributed by atoms with Crippen LogP contribution in [0.25, 0.3) is 33.4 Å². The summed E-state index contributed by atoms with van der Waals surface area (Å²) in [6.07, 6.45) is 4.52. The Balaban J connectivity index is 1.02. The van der Waals surface area contributed by atoms with E-state index in [9.17, 15) is 0 Å². The molecule has 0 aliphatic heterocycles. The lowest BCUT2D eigenvalue weighted by molar-refractivity contribution is 0.922. The summed E-state index contributed by atoms with van der Waals surface area (Å²) in [5, 5.41) is 0. The van der Waals surface area contributed by atoms with Crippen LogP contribution in [0.4, 0.5) is 28.4 Å². The number of nitrogens with zero attached hydrogens (tertiary/aromatic N) is 2. The Bertz CT molecular complexity index is 3220. The minimum atomic E-state index is -1.95. The smallest absolute Gasteiger partial charge is 0.0462 e. The van der Waals surface area contributed by atoms with E-state index in [0.717, 1.165) is 54.1 Å². The molecule has 0 aliphatic rings. The molecule has 71 heavy (non-hydrogen) atoms. The van der Waals surface area contributed by atoms with Gasteiger partial charge >= 0.3 is 0 Å². The van der Waals surface area contributed by atoms with Crippen LogP contribution in [0.3, 0.4) is 0 Å². The average molecular weight is 939 g/mol. The fourth-order valence-corrected chi connectivity index (χ4v) is 13.7. The van der Waals surface area contributed by atoms with Crippen molar-refractivity contribution < 1.29 is 0 Å². The Kier molecular flexibility index (Phi) is 14.1. The fraction of sp³-hybridized carbons (Fsp3) is 0.118. The van der Waals surface area contributed by atoms with E-state index in [4.69, 9.17) is 0 Å². The molecule has 10 rings (SSSR count). The molecule has 0 heterocycles. The van der Waals surface area contributed by atoms with Gasteiger partial charge in [0.15, 0.2) is 0 Å². The molecule has 3 heteroatoms. The van der Waals surface area contributed by atoms with Gasteiger partial charge in [-0.3, -0.25) is 0 Å². The monoisotopic (exact) mass is 938 g/mol. The highest BCUT2D eigenvalue weighted by molar-refractivity contribution is 8.34. The van der Waals surface area contributed by atoms with Gasteiger partial charge in [0.05, 0.1) is 0 Å². The number of rotatable bonds is 16. The SMILES string of the molecule is CCCc1ccc(-c2ccc(N(C)c3ccc(S(c4ccccc4)(c4ccccc4)c4ccc(N(c5ccc(-c6ccc(C)cc6)cc5)c5ccc(-c6ccc(CCC)cc6)cc5)cc4)cc3)cc2)cc1. The maximum atomic E-state index is 2.39. The normalized spacial score (nSPS) is 11.5. The first kappa shape index (κ1) is 46.9. The van der Waals surface area contributed by atoms with Crippen molar-refractivity contribution in [2.24, 2.45) is 0 Å². The van der Waals surface area contributed by atoms with Crippen LogP contribution < -0.4 is 9.80 Å². The summed E-state index contributed by atoms with van der Waals surface area (Å²) in [7, 11) is 0.211. The predicted molar refractivity (Wildman–Crippen MR) is 305 cm³/mol. The van der Waals surface area contributed by atoms with Crippen molar-refractivity contribution in [1.29, 1.82) is 0 Å². The molecule has 0 spiro atoms. The molecule has 0 aliphatic carbocycles. The molecule has 0 amide bonds. The van der Waals surface area contributed by atoms with E-state index >= 15 is 0 Å². The van der Waals surface area contributed by atoms with E-state index in [1.165, 1.54) is 69.7 Å². The van der Waals surface area contributed by atoms with Crippen LogP contribution in [0.15, 0.2) is 274 Å². The van der Waals surface area contributed by atoms with E-state index in [1.807, 2.05) is 0 Å². The van der Waals surface area contributed by atoms with Gasteiger partial charge in [0.1, 0.15) is 0 Å². The van der Waals surface area contributed by atoms with Gasteiger partial charge in [0.25, 0.3) is 0 Å². The van der Waals surface area contributed by atoms with Gasteiger partial charge in [-0.05, 0) is 173 Å². The number of hydrogen-bond donors (Lipinski definition) is 0. The Morgan fingerprint density at radius 2 is 0.563 bits per heavy atom. The number of anilines is 5. The third kappa shape index (κ3) is 9.97. The van der Waals surface area contributed by atoms with E-state index in [0.29, 0.717) is 0 Å². The van der Waals surface area contributed by atoms with E-state index in [-0.39, 0.29) is 0 Å². The van der Waals surface area contributed by atoms with Crippen molar-refractivity contribution in [1.82, 2.24) is 0 Å². The molecule has 0 saturated carbocycles. The largest absolute Gasteiger partial charge is 0.345 e. The number of hydrogen-bond acceptors (Lipinski definition) is 2. The summed E-state index contributed by atoms with van der Waals surface area (Å²) in [4.78, 5) is 9.81. The van der Waals surface area contributed by atoms with Gasteiger partial charge < -0.3 is 9.80 Å². The summed E-state index contributed by atoms with van der Waals surface area (Å²) in [6.45, 7) is 6.60. The van der Waals surface area contributed by atoms with Crippen LogP contribution in [-0.2, 0) is 12.8 Å². The van der Waals surface area contributed by atoms with Gasteiger partial charge in [0.2, 0.25) is 0 Å². The maximum Gasteiger partial charge on any atom is 0.0462 e. The minimum absolute atomic E-state index is 1.10. The van der Waals surface area contributed by atoms with Crippen molar-refractivity contribution in [2.45, 2.75) is 66.0 Å². The Morgan fingerprint density at radius 3 is 0.901 bits per heavy atom. The summed E-state index contributed by atoms with van der Waals surface area (Å²) >= 11 is 0. The van der Waals surface area contributed by atoms with Crippen LogP contribution in [0.1, 0.15) is 43.4 Å². The zero-order chi connectivity index (χ0) is 48.6. The van der Waals surface area contributed by atoms with Crippen molar-refractivity contribution in [3.05, 3.63) is 271 Å². The van der Waals surface area contributed by atoms with Crippen molar-refractivity contribution >= 4 is 38.5 Å². The molecule has 0 atom stereocenters. The maximum absolute atomic E-state index is 2.39. The second kappa shape index (κ2) is 21.4. The quantitative estimate of drug-likeness (QED) is 0.0952. The van der Waals surface area contributed by atoms with Crippen molar-refractivity contribution in [3.63, 3.8) is 0 Å². The topological polar surface area (TPSA) is 6.48 Å². The molecule has 0 radical (unpaired) electrons. The predicted octanol–water partition coefficient (Wildman–Crippen LogP) is 19.5. The van der Waals surface area contributed by atoms with Gasteiger partial charge in [-0.1, -0.05) is 178 Å². The third-order valence-corrected chi connectivity index (χ3v) is 17.7. The van der Waals surface area contributed by atoms with Crippen molar-refractivity contribution in [3.8, 4) is 33.4 Å². The standard InChI is InChI=1S/C68H62N2S/c1-5-13-52-21-27-55(28-22-52)57-31-37-60(38-32-57)69(4)61-43-47-67(48-44-61)71(65-15-9-7-10-16-65,66-17-11-8-12-18-66)68-49-45-64(46-50-68)70(62-39-33-58(34-40-62)54-25-19-51(3)20-26-54)63-41-35-59(36-42-63)56-29-23-53(14-6-2)24-30-56/h7-12,15-50H,5-6,13-14H2,1-4H3. The lowest BCUT2D eigenvalue weighted by atomic mass is 10.0. The Labute approximate surface area is 423 Å². The van der Waals surface area contributed by atoms with Crippen molar-refractivity contribution in [2.75, 3.05) is 16.8 Å². The fourth-order valence-electron chi connectivity index (χ4n) is 9.87. The number of aryl methyl sites for hydroxylation is 3. The summed E-state index contributed by atoms with van der Waals surface area (Å²) < 4.78 is 0. The second-order valence-electron chi connectivity index (χ2n) is 18.5. The summed E-state index contributed by atoms with van der Waals surface area (Å²) in [6, 6.07) is 94.8. The van der Waals surface area contributed by atoms with Crippen LogP contribution in [0.5, 0.6) is 0 Å². The lowest BCUT2D eigenvalue weighted by Crippen LogP contribution is -2.11. The van der Waals surface area contributed by atoms with E-state index in [1.54, 1.807) is 0 Å². The second-order valence-corrected chi connectivity index (χ2v) is 21.6. The van der Waals surface area contributed by atoms with Crippen LogP contribution in [0, 0.1) is 6.92 Å². The highest BCUT2D eigenvalue weighted by atomic mass is 32.3. The first-order chi connectivity index (χ1) is 34.9. The molecule has 0 bridgehead atoms. The first-order valence-electron chi connectivity index (χ1n) is 25.1. The van der Waals surface area contributed by atoms with Crippen LogP contribution in [-0.4, -0.2) is 7.05 Å². The molecule has 0 N–H and O–H groups in total. The van der Waals surface area contributed by atoms with Gasteiger partial charge in [-0.25, -0.2) is 0 Å². The zero-order valence-corrected chi connectivity index (χ0v) is 42.2. The van der Waals surface area contributed by atoms with Crippen LogP contribution >= 0.6 is 10.0 Å². The molecule has 2 nitrogen and oxygen atoms in total.